The molecule has 4 heteroatoms. The van der Waals surface area contributed by atoms with Crippen LogP contribution in [0.5, 0.6) is 5.75 Å². The summed E-state index contributed by atoms with van der Waals surface area (Å²) < 4.78 is 19.5. The molecule has 3 nitrogen and oxygen atoms in total. The van der Waals surface area contributed by atoms with Gasteiger partial charge in [0.15, 0.2) is 11.6 Å². The fourth-order valence-corrected chi connectivity index (χ4v) is 2.95. The molecule has 0 spiro atoms. The molecular formula is C14H15FN2O. The van der Waals surface area contributed by atoms with E-state index in [9.17, 15) is 4.39 Å². The number of benzene rings is 1. The zero-order chi connectivity index (χ0) is 12.5. The SMILES string of the molecule is N#Cc1ccc(OC2CC3CCC(C2)N3)c(F)c1. The standard InChI is InChI=1S/C14H15FN2O/c15-13-5-9(8-16)1-4-14(13)18-12-6-10-2-3-11(7-12)17-10/h1,4-5,10-12,17H,2-3,6-7H2. The van der Waals surface area contributed by atoms with Crippen LogP contribution in [0.2, 0.25) is 0 Å². The highest BCUT2D eigenvalue weighted by Crippen LogP contribution is 2.30. The molecule has 1 aromatic rings. The molecule has 0 aliphatic carbocycles. The molecule has 2 heterocycles. The summed E-state index contributed by atoms with van der Waals surface area (Å²) in [5, 5.41) is 12.2. The molecule has 2 bridgehead atoms. The van der Waals surface area contributed by atoms with Crippen molar-refractivity contribution < 1.29 is 9.13 Å². The van der Waals surface area contributed by atoms with Crippen molar-refractivity contribution in [3.63, 3.8) is 0 Å². The van der Waals surface area contributed by atoms with E-state index in [1.54, 1.807) is 12.1 Å². The topological polar surface area (TPSA) is 45.0 Å². The Morgan fingerprint density at radius 2 is 2.00 bits per heavy atom. The molecule has 0 aromatic heterocycles. The molecule has 2 aliphatic heterocycles. The van der Waals surface area contributed by atoms with Crippen LogP contribution in [0.3, 0.4) is 0 Å². The number of nitriles is 1. The Kier molecular flexibility index (Phi) is 2.92. The van der Waals surface area contributed by atoms with Crippen LogP contribution in [-0.4, -0.2) is 18.2 Å². The van der Waals surface area contributed by atoms with Gasteiger partial charge in [-0.25, -0.2) is 4.39 Å². The maximum Gasteiger partial charge on any atom is 0.166 e. The Balaban J connectivity index is 1.71. The number of hydrogen-bond donors (Lipinski definition) is 1. The minimum Gasteiger partial charge on any atom is -0.487 e. The summed E-state index contributed by atoms with van der Waals surface area (Å²) in [5.74, 6) is -0.180. The summed E-state index contributed by atoms with van der Waals surface area (Å²) >= 11 is 0. The highest BCUT2D eigenvalue weighted by Gasteiger charge is 2.34. The summed E-state index contributed by atoms with van der Waals surface area (Å²) in [5.41, 5.74) is 0.324. The second kappa shape index (κ2) is 4.58. The van der Waals surface area contributed by atoms with Gasteiger partial charge in [0.25, 0.3) is 0 Å². The zero-order valence-electron chi connectivity index (χ0n) is 10.0. The number of halogens is 1. The first-order valence-electron chi connectivity index (χ1n) is 6.37. The molecule has 0 radical (unpaired) electrons. The van der Waals surface area contributed by atoms with Crippen molar-refractivity contribution >= 4 is 0 Å². The third-order valence-corrected chi connectivity index (χ3v) is 3.78. The van der Waals surface area contributed by atoms with Gasteiger partial charge in [0.1, 0.15) is 6.10 Å². The maximum atomic E-state index is 13.7. The Morgan fingerprint density at radius 3 is 2.61 bits per heavy atom. The van der Waals surface area contributed by atoms with E-state index in [1.165, 1.54) is 18.9 Å². The average Bonchev–Trinajstić information content (AvgIpc) is 2.71. The number of hydrogen-bond acceptors (Lipinski definition) is 3. The molecule has 2 atom stereocenters. The lowest BCUT2D eigenvalue weighted by Crippen LogP contribution is -2.42. The second-order valence-electron chi connectivity index (χ2n) is 5.11. The Hall–Kier alpha value is -1.60. The largest absolute Gasteiger partial charge is 0.487 e. The summed E-state index contributed by atoms with van der Waals surface area (Å²) in [7, 11) is 0. The first-order valence-corrected chi connectivity index (χ1v) is 6.37. The Labute approximate surface area is 106 Å². The summed E-state index contributed by atoms with van der Waals surface area (Å²) in [6, 6.07) is 7.34. The highest BCUT2D eigenvalue weighted by atomic mass is 19.1. The van der Waals surface area contributed by atoms with Gasteiger partial charge >= 0.3 is 0 Å². The van der Waals surface area contributed by atoms with Crippen LogP contribution in [0.15, 0.2) is 18.2 Å². The fraction of sp³-hybridized carbons (Fsp3) is 0.500. The zero-order valence-corrected chi connectivity index (χ0v) is 10.0. The molecule has 3 rings (SSSR count). The smallest absolute Gasteiger partial charge is 0.166 e. The normalized spacial score (nSPS) is 29.9. The van der Waals surface area contributed by atoms with E-state index in [1.807, 2.05) is 6.07 Å². The molecule has 18 heavy (non-hydrogen) atoms. The van der Waals surface area contributed by atoms with Crippen LogP contribution in [0.25, 0.3) is 0 Å². The van der Waals surface area contributed by atoms with Crippen LogP contribution >= 0.6 is 0 Å². The summed E-state index contributed by atoms with van der Waals surface area (Å²) in [6.07, 6.45) is 4.36. The number of ether oxygens (including phenoxy) is 1. The first-order chi connectivity index (χ1) is 8.74. The number of nitrogens with one attached hydrogen (secondary N) is 1. The summed E-state index contributed by atoms with van der Waals surface area (Å²) in [6.45, 7) is 0. The van der Waals surface area contributed by atoms with Crippen molar-refractivity contribution in [1.82, 2.24) is 5.32 Å². The van der Waals surface area contributed by atoms with Crippen LogP contribution in [-0.2, 0) is 0 Å². The first kappa shape index (κ1) is 11.5. The van der Waals surface area contributed by atoms with E-state index in [4.69, 9.17) is 10.00 Å². The van der Waals surface area contributed by atoms with E-state index >= 15 is 0 Å². The molecule has 0 amide bonds. The van der Waals surface area contributed by atoms with Crippen molar-refractivity contribution in [2.45, 2.75) is 43.9 Å². The monoisotopic (exact) mass is 246 g/mol. The lowest BCUT2D eigenvalue weighted by Gasteiger charge is -2.29. The van der Waals surface area contributed by atoms with Crippen molar-refractivity contribution in [2.24, 2.45) is 0 Å². The van der Waals surface area contributed by atoms with Gasteiger partial charge in [0.2, 0.25) is 0 Å². The van der Waals surface area contributed by atoms with Crippen molar-refractivity contribution in [3.05, 3.63) is 29.6 Å². The molecule has 1 aromatic carbocycles. The second-order valence-corrected chi connectivity index (χ2v) is 5.11. The predicted molar refractivity (Wildman–Crippen MR) is 64.7 cm³/mol. The van der Waals surface area contributed by atoms with Gasteiger partial charge < -0.3 is 10.1 Å². The third-order valence-electron chi connectivity index (χ3n) is 3.78. The maximum absolute atomic E-state index is 13.7. The minimum atomic E-state index is -0.445. The van der Waals surface area contributed by atoms with Crippen LogP contribution in [0.1, 0.15) is 31.2 Å². The van der Waals surface area contributed by atoms with E-state index in [-0.39, 0.29) is 11.9 Å². The predicted octanol–water partition coefficient (Wildman–Crippen LogP) is 2.36. The van der Waals surface area contributed by atoms with Gasteiger partial charge in [-0.05, 0) is 43.9 Å². The van der Waals surface area contributed by atoms with Gasteiger partial charge in [0.05, 0.1) is 11.6 Å². The molecule has 2 saturated heterocycles. The molecule has 0 saturated carbocycles. The highest BCUT2D eigenvalue weighted by molar-refractivity contribution is 5.36. The van der Waals surface area contributed by atoms with E-state index in [0.29, 0.717) is 17.6 Å². The number of piperidine rings is 1. The average molecular weight is 246 g/mol. The van der Waals surface area contributed by atoms with Crippen molar-refractivity contribution in [1.29, 1.82) is 5.26 Å². The molecule has 2 aliphatic rings. The Bertz CT molecular complexity index is 485. The molecular weight excluding hydrogens is 231 g/mol. The van der Waals surface area contributed by atoms with E-state index in [2.05, 4.69) is 5.32 Å². The number of rotatable bonds is 2. The third kappa shape index (κ3) is 2.19. The molecule has 2 fully saturated rings. The minimum absolute atomic E-state index is 0.0891. The Morgan fingerprint density at radius 1 is 1.28 bits per heavy atom. The van der Waals surface area contributed by atoms with Gasteiger partial charge in [-0.1, -0.05) is 0 Å². The number of nitrogens with zero attached hydrogens (tertiary/aromatic N) is 1. The number of fused-ring (bicyclic) bond motifs is 2. The van der Waals surface area contributed by atoms with Crippen LogP contribution in [0, 0.1) is 17.1 Å². The van der Waals surface area contributed by atoms with Crippen molar-refractivity contribution in [3.8, 4) is 11.8 Å². The van der Waals surface area contributed by atoms with Gasteiger partial charge in [-0.2, -0.15) is 5.26 Å². The van der Waals surface area contributed by atoms with E-state index in [0.717, 1.165) is 12.8 Å². The molecule has 94 valence electrons. The fourth-order valence-electron chi connectivity index (χ4n) is 2.95. The van der Waals surface area contributed by atoms with Crippen LogP contribution in [0.4, 0.5) is 4.39 Å². The lowest BCUT2D eigenvalue weighted by atomic mass is 10.0. The molecule has 2 unspecified atom stereocenters. The molecule has 1 N–H and O–H groups in total. The van der Waals surface area contributed by atoms with Gasteiger partial charge in [-0.3, -0.25) is 0 Å². The lowest BCUT2D eigenvalue weighted by molar-refractivity contribution is 0.132. The van der Waals surface area contributed by atoms with Crippen LogP contribution < -0.4 is 10.1 Å². The quantitative estimate of drug-likeness (QED) is 0.871. The van der Waals surface area contributed by atoms with Gasteiger partial charge in [0, 0.05) is 12.1 Å². The van der Waals surface area contributed by atoms with Crippen molar-refractivity contribution in [2.75, 3.05) is 0 Å². The summed E-state index contributed by atoms with van der Waals surface area (Å²) in [4.78, 5) is 0. The van der Waals surface area contributed by atoms with E-state index < -0.39 is 5.82 Å². The van der Waals surface area contributed by atoms with Gasteiger partial charge in [-0.15, -0.1) is 0 Å².